The van der Waals surface area contributed by atoms with E-state index in [4.69, 9.17) is 4.74 Å². The Bertz CT molecular complexity index is 648. The van der Waals surface area contributed by atoms with Crippen LogP contribution in [-0.4, -0.2) is 57.1 Å². The van der Waals surface area contributed by atoms with Gasteiger partial charge in [-0.3, -0.25) is 0 Å². The van der Waals surface area contributed by atoms with E-state index in [1.165, 1.54) is 11.8 Å². The molecule has 1 aromatic heterocycles. The molecule has 8 heteroatoms. The Kier molecular flexibility index (Phi) is 4.85. The van der Waals surface area contributed by atoms with Gasteiger partial charge in [0.15, 0.2) is 5.16 Å². The van der Waals surface area contributed by atoms with Crippen molar-refractivity contribution in [2.75, 3.05) is 24.7 Å². The molecule has 1 aromatic rings. The first kappa shape index (κ1) is 18.3. The third-order valence-electron chi connectivity index (χ3n) is 4.60. The van der Waals surface area contributed by atoms with Gasteiger partial charge in [0.25, 0.3) is 0 Å². The summed E-state index contributed by atoms with van der Waals surface area (Å²) in [5, 5.41) is 13.6. The summed E-state index contributed by atoms with van der Waals surface area (Å²) in [5.41, 5.74) is 0.470. The van der Waals surface area contributed by atoms with Crippen LogP contribution in [0.3, 0.4) is 0 Å². The molecule has 2 heterocycles. The van der Waals surface area contributed by atoms with Crippen LogP contribution in [0.15, 0.2) is 11.4 Å². The lowest BCUT2D eigenvalue weighted by atomic mass is 9.61. The fourth-order valence-corrected chi connectivity index (χ4v) is 3.83. The largest absolute Gasteiger partial charge is 0.444 e. The molecule has 2 fully saturated rings. The van der Waals surface area contributed by atoms with Gasteiger partial charge in [-0.05, 0) is 39.9 Å². The number of thioether (sulfide) groups is 1. The highest BCUT2D eigenvalue weighted by Crippen LogP contribution is 2.49. The van der Waals surface area contributed by atoms with Gasteiger partial charge >= 0.3 is 6.09 Å². The van der Waals surface area contributed by atoms with Crippen LogP contribution in [0.4, 0.5) is 10.6 Å². The van der Waals surface area contributed by atoms with Gasteiger partial charge in [0.2, 0.25) is 0 Å². The summed E-state index contributed by atoms with van der Waals surface area (Å²) in [6, 6.07) is 0.315. The molecule has 138 valence electrons. The van der Waals surface area contributed by atoms with Crippen LogP contribution in [-0.2, 0) is 11.3 Å². The topological polar surface area (TPSA) is 87.6 Å². The number of rotatable bonds is 4. The number of aliphatic hydroxyl groups excluding tert-OH is 1. The molecule has 0 unspecified atom stereocenters. The number of amides is 1. The molecule has 0 bridgehead atoms. The summed E-state index contributed by atoms with van der Waals surface area (Å²) >= 11 is 1.48. The molecule has 2 aliphatic rings. The van der Waals surface area contributed by atoms with Gasteiger partial charge in [-0.1, -0.05) is 11.8 Å². The van der Waals surface area contributed by atoms with Gasteiger partial charge in [-0.15, -0.1) is 0 Å². The summed E-state index contributed by atoms with van der Waals surface area (Å²) in [6.07, 6.45) is 5.36. The first-order chi connectivity index (χ1) is 11.7. The molecular weight excluding hydrogens is 340 g/mol. The molecule has 0 radical (unpaired) electrons. The molecule has 1 aliphatic heterocycles. The molecule has 0 atom stereocenters. The highest BCUT2D eigenvalue weighted by Gasteiger charge is 2.54. The number of aromatic nitrogens is 2. The second-order valence-electron chi connectivity index (χ2n) is 7.97. The fourth-order valence-electron chi connectivity index (χ4n) is 3.49. The Balaban J connectivity index is 1.51. The molecule has 1 spiro atoms. The average Bonchev–Trinajstić information content (AvgIpc) is 2.46. The molecule has 25 heavy (non-hydrogen) atoms. The van der Waals surface area contributed by atoms with Gasteiger partial charge in [-0.2, -0.15) is 0 Å². The van der Waals surface area contributed by atoms with E-state index in [1.807, 2.05) is 27.0 Å². The second-order valence-corrected chi connectivity index (χ2v) is 8.75. The molecule has 1 amide bonds. The maximum Gasteiger partial charge on any atom is 0.410 e. The number of hydrogen-bond donors (Lipinski definition) is 2. The van der Waals surface area contributed by atoms with Crippen molar-refractivity contribution in [2.45, 2.75) is 57.0 Å². The van der Waals surface area contributed by atoms with Crippen LogP contribution in [0, 0.1) is 5.41 Å². The van der Waals surface area contributed by atoms with E-state index >= 15 is 0 Å². The normalized spacial score (nSPS) is 19.3. The SMILES string of the molecule is CSc1ncc(CO)c(NC2CC3(C2)CN(C(=O)OC(C)(C)C)C3)n1. The lowest BCUT2D eigenvalue weighted by Crippen LogP contribution is -2.66. The summed E-state index contributed by atoms with van der Waals surface area (Å²) in [4.78, 5) is 22.5. The van der Waals surface area contributed by atoms with Gasteiger partial charge in [0.05, 0.1) is 6.61 Å². The minimum atomic E-state index is -0.452. The monoisotopic (exact) mass is 366 g/mol. The van der Waals surface area contributed by atoms with Crippen LogP contribution in [0.2, 0.25) is 0 Å². The molecule has 0 aromatic carbocycles. The molecule has 2 N–H and O–H groups in total. The smallest absolute Gasteiger partial charge is 0.410 e. The highest BCUT2D eigenvalue weighted by atomic mass is 32.2. The van der Waals surface area contributed by atoms with Gasteiger partial charge in [0.1, 0.15) is 11.4 Å². The third-order valence-corrected chi connectivity index (χ3v) is 5.16. The van der Waals surface area contributed by atoms with E-state index in [1.54, 1.807) is 11.1 Å². The number of anilines is 1. The quantitative estimate of drug-likeness (QED) is 0.625. The lowest BCUT2D eigenvalue weighted by Gasteiger charge is -2.58. The predicted octanol–water partition coefficient (Wildman–Crippen LogP) is 2.50. The van der Waals surface area contributed by atoms with E-state index in [0.29, 0.717) is 22.6 Å². The number of nitrogens with zero attached hydrogens (tertiary/aromatic N) is 3. The van der Waals surface area contributed by atoms with Crippen LogP contribution < -0.4 is 5.32 Å². The van der Waals surface area contributed by atoms with Crippen molar-refractivity contribution in [3.8, 4) is 0 Å². The van der Waals surface area contributed by atoms with E-state index in [0.717, 1.165) is 25.9 Å². The van der Waals surface area contributed by atoms with Crippen molar-refractivity contribution < 1.29 is 14.6 Å². The fraction of sp³-hybridized carbons (Fsp3) is 0.706. The second kappa shape index (κ2) is 6.64. The van der Waals surface area contributed by atoms with E-state index < -0.39 is 5.60 Å². The Morgan fingerprint density at radius 2 is 2.16 bits per heavy atom. The maximum absolute atomic E-state index is 12.0. The van der Waals surface area contributed by atoms with E-state index in [2.05, 4.69) is 15.3 Å². The molecule has 1 saturated heterocycles. The number of likely N-dealkylation sites (tertiary alicyclic amines) is 1. The van der Waals surface area contributed by atoms with Crippen LogP contribution in [0.1, 0.15) is 39.2 Å². The number of carbonyl (C=O) groups excluding carboxylic acids is 1. The Morgan fingerprint density at radius 3 is 2.72 bits per heavy atom. The lowest BCUT2D eigenvalue weighted by molar-refractivity contribution is -0.0739. The van der Waals surface area contributed by atoms with Gasteiger partial charge in [-0.25, -0.2) is 14.8 Å². The molecular formula is C17H26N4O3S. The summed E-state index contributed by atoms with van der Waals surface area (Å²) in [6.45, 7) is 7.08. The number of aliphatic hydroxyl groups is 1. The van der Waals surface area contributed by atoms with Crippen LogP contribution in [0.25, 0.3) is 0 Å². The molecule has 7 nitrogen and oxygen atoms in total. The van der Waals surface area contributed by atoms with Crippen molar-refractivity contribution in [1.82, 2.24) is 14.9 Å². The molecule has 3 rings (SSSR count). The van der Waals surface area contributed by atoms with Crippen molar-refractivity contribution >= 4 is 23.7 Å². The van der Waals surface area contributed by atoms with Gasteiger partial charge in [0, 0.05) is 36.3 Å². The number of hydrogen-bond acceptors (Lipinski definition) is 7. The number of nitrogens with one attached hydrogen (secondary N) is 1. The third kappa shape index (κ3) is 4.00. The summed E-state index contributed by atoms with van der Waals surface area (Å²) in [5.74, 6) is 0.713. The number of ether oxygens (including phenoxy) is 1. The average molecular weight is 366 g/mol. The van der Waals surface area contributed by atoms with E-state index in [-0.39, 0.29) is 18.1 Å². The highest BCUT2D eigenvalue weighted by molar-refractivity contribution is 7.98. The van der Waals surface area contributed by atoms with Crippen molar-refractivity contribution in [3.05, 3.63) is 11.8 Å². The Labute approximate surface area is 152 Å². The standard InChI is InChI=1S/C17H26N4O3S/c1-16(2,3)24-15(23)21-9-17(10-21)5-12(6-17)19-13-11(8-22)7-18-14(20-13)25-4/h7,12,22H,5-6,8-10H2,1-4H3,(H,18,19,20). The van der Waals surface area contributed by atoms with Crippen molar-refractivity contribution in [2.24, 2.45) is 5.41 Å². The summed E-state index contributed by atoms with van der Waals surface area (Å²) in [7, 11) is 0. The Morgan fingerprint density at radius 1 is 1.48 bits per heavy atom. The Hall–Kier alpha value is -1.54. The molecule has 1 saturated carbocycles. The van der Waals surface area contributed by atoms with Crippen molar-refractivity contribution in [3.63, 3.8) is 0 Å². The van der Waals surface area contributed by atoms with Crippen LogP contribution >= 0.6 is 11.8 Å². The molecule has 1 aliphatic carbocycles. The minimum Gasteiger partial charge on any atom is -0.444 e. The predicted molar refractivity (Wildman–Crippen MR) is 96.6 cm³/mol. The van der Waals surface area contributed by atoms with Crippen molar-refractivity contribution in [1.29, 1.82) is 0 Å². The zero-order chi connectivity index (χ0) is 18.2. The van der Waals surface area contributed by atoms with E-state index in [9.17, 15) is 9.90 Å². The maximum atomic E-state index is 12.0. The van der Waals surface area contributed by atoms with Gasteiger partial charge < -0.3 is 20.1 Å². The zero-order valence-corrected chi connectivity index (χ0v) is 16.0. The first-order valence-electron chi connectivity index (χ1n) is 8.49. The minimum absolute atomic E-state index is 0.0821. The number of carbonyl (C=O) groups is 1. The summed E-state index contributed by atoms with van der Waals surface area (Å²) < 4.78 is 5.41. The zero-order valence-electron chi connectivity index (χ0n) is 15.2. The first-order valence-corrected chi connectivity index (χ1v) is 9.71. The van der Waals surface area contributed by atoms with Crippen LogP contribution in [0.5, 0.6) is 0 Å².